The molecule has 4 unspecified atom stereocenters. The average Bonchev–Trinajstić information content (AvgIpc) is 2.62. The van der Waals surface area contributed by atoms with Gasteiger partial charge in [0.2, 0.25) is 5.91 Å². The summed E-state index contributed by atoms with van der Waals surface area (Å²) in [6.45, 7) is 12.5. The summed E-state index contributed by atoms with van der Waals surface area (Å²) in [5.74, 6) is 0.686. The highest BCUT2D eigenvalue weighted by Crippen LogP contribution is 2.34. The monoisotopic (exact) mass is 281 g/mol. The Morgan fingerprint density at radius 3 is 2.30 bits per heavy atom. The van der Waals surface area contributed by atoms with E-state index in [2.05, 4.69) is 24.1 Å². The first-order valence-electron chi connectivity index (χ1n) is 7.97. The minimum Gasteiger partial charge on any atom is -0.374 e. The first-order chi connectivity index (χ1) is 9.58. The van der Waals surface area contributed by atoms with Crippen LogP contribution >= 0.6 is 0 Å². The van der Waals surface area contributed by atoms with Crippen LogP contribution in [-0.4, -0.2) is 73.2 Å². The molecule has 0 saturated carbocycles. The second kappa shape index (κ2) is 5.62. The molecule has 3 rings (SSSR count). The van der Waals surface area contributed by atoms with Crippen LogP contribution in [0.15, 0.2) is 0 Å². The molecule has 3 aliphatic heterocycles. The number of nitrogens with one attached hydrogen (secondary N) is 1. The minimum absolute atomic E-state index is 0.0500. The molecule has 1 amide bonds. The Morgan fingerprint density at radius 1 is 1.10 bits per heavy atom. The standard InChI is InChI=1S/C15H27N3O2/c1-10-11(2)20-12(3)14(10)15(19)18-8-13(9-18)17-6-4-16-5-7-17/h10-14,16H,4-9H2,1-3H3. The van der Waals surface area contributed by atoms with Gasteiger partial charge in [0, 0.05) is 45.3 Å². The Labute approximate surface area is 121 Å². The summed E-state index contributed by atoms with van der Waals surface area (Å²) in [6.07, 6.45) is 0.259. The Morgan fingerprint density at radius 2 is 1.75 bits per heavy atom. The van der Waals surface area contributed by atoms with E-state index in [1.807, 2.05) is 11.8 Å². The zero-order valence-corrected chi connectivity index (χ0v) is 12.8. The summed E-state index contributed by atoms with van der Waals surface area (Å²) < 4.78 is 5.80. The van der Waals surface area contributed by atoms with E-state index in [0.717, 1.165) is 39.3 Å². The summed E-state index contributed by atoms with van der Waals surface area (Å²) in [4.78, 5) is 17.2. The molecule has 0 aromatic heterocycles. The molecule has 3 heterocycles. The van der Waals surface area contributed by atoms with Gasteiger partial charge in [0.25, 0.3) is 0 Å². The Hall–Kier alpha value is -0.650. The maximum atomic E-state index is 12.6. The quantitative estimate of drug-likeness (QED) is 0.783. The van der Waals surface area contributed by atoms with Gasteiger partial charge in [-0.3, -0.25) is 9.69 Å². The largest absolute Gasteiger partial charge is 0.374 e. The Kier molecular flexibility index (Phi) is 4.02. The van der Waals surface area contributed by atoms with Crippen LogP contribution in [0.4, 0.5) is 0 Å². The van der Waals surface area contributed by atoms with Crippen molar-refractivity contribution < 1.29 is 9.53 Å². The van der Waals surface area contributed by atoms with Gasteiger partial charge in [0.15, 0.2) is 0 Å². The van der Waals surface area contributed by atoms with Crippen molar-refractivity contribution >= 4 is 5.91 Å². The molecule has 3 fully saturated rings. The third-order valence-corrected chi connectivity index (χ3v) is 5.37. The van der Waals surface area contributed by atoms with E-state index in [0.29, 0.717) is 17.9 Å². The van der Waals surface area contributed by atoms with Crippen LogP contribution in [0.3, 0.4) is 0 Å². The third-order valence-electron chi connectivity index (χ3n) is 5.37. The molecule has 0 aliphatic carbocycles. The van der Waals surface area contributed by atoms with E-state index < -0.39 is 0 Å². The molecule has 0 aromatic rings. The summed E-state index contributed by atoms with van der Waals surface area (Å²) in [5, 5.41) is 3.37. The van der Waals surface area contributed by atoms with E-state index in [4.69, 9.17) is 4.74 Å². The van der Waals surface area contributed by atoms with Gasteiger partial charge in [-0.25, -0.2) is 0 Å². The number of ether oxygens (including phenoxy) is 1. The van der Waals surface area contributed by atoms with Crippen molar-refractivity contribution in [3.63, 3.8) is 0 Å². The molecule has 20 heavy (non-hydrogen) atoms. The molecule has 3 aliphatic rings. The Balaban J connectivity index is 1.53. The van der Waals surface area contributed by atoms with Crippen LogP contribution in [0.2, 0.25) is 0 Å². The van der Waals surface area contributed by atoms with Crippen molar-refractivity contribution in [1.82, 2.24) is 15.1 Å². The average molecular weight is 281 g/mol. The first kappa shape index (κ1) is 14.3. The molecular weight excluding hydrogens is 254 g/mol. The summed E-state index contributed by atoms with van der Waals surface area (Å²) in [5.41, 5.74) is 0. The van der Waals surface area contributed by atoms with Gasteiger partial charge in [-0.15, -0.1) is 0 Å². The van der Waals surface area contributed by atoms with E-state index >= 15 is 0 Å². The number of carbonyl (C=O) groups is 1. The molecule has 0 radical (unpaired) electrons. The van der Waals surface area contributed by atoms with Gasteiger partial charge in [-0.05, 0) is 19.8 Å². The van der Waals surface area contributed by atoms with Crippen molar-refractivity contribution in [2.75, 3.05) is 39.3 Å². The van der Waals surface area contributed by atoms with Crippen molar-refractivity contribution in [2.24, 2.45) is 11.8 Å². The van der Waals surface area contributed by atoms with Gasteiger partial charge < -0.3 is 15.0 Å². The fourth-order valence-electron chi connectivity index (χ4n) is 3.82. The molecule has 0 bridgehead atoms. The highest BCUT2D eigenvalue weighted by Gasteiger charge is 2.46. The molecule has 0 spiro atoms. The highest BCUT2D eigenvalue weighted by molar-refractivity contribution is 5.81. The summed E-state index contributed by atoms with van der Waals surface area (Å²) in [7, 11) is 0. The topological polar surface area (TPSA) is 44.8 Å². The van der Waals surface area contributed by atoms with Gasteiger partial charge in [0.05, 0.1) is 18.1 Å². The predicted molar refractivity (Wildman–Crippen MR) is 77.5 cm³/mol. The number of hydrogen-bond acceptors (Lipinski definition) is 4. The second-order valence-corrected chi connectivity index (χ2v) is 6.61. The van der Waals surface area contributed by atoms with Crippen molar-refractivity contribution in [3.8, 4) is 0 Å². The maximum Gasteiger partial charge on any atom is 0.228 e. The van der Waals surface area contributed by atoms with Gasteiger partial charge in [-0.2, -0.15) is 0 Å². The third kappa shape index (κ3) is 2.47. The molecule has 5 nitrogen and oxygen atoms in total. The maximum absolute atomic E-state index is 12.6. The normalized spacial score (nSPS) is 39.9. The lowest BCUT2D eigenvalue weighted by molar-refractivity contribution is -0.145. The highest BCUT2D eigenvalue weighted by atomic mass is 16.5. The molecule has 5 heteroatoms. The van der Waals surface area contributed by atoms with E-state index in [-0.39, 0.29) is 18.1 Å². The molecule has 4 atom stereocenters. The zero-order valence-electron chi connectivity index (χ0n) is 12.8. The molecule has 0 aromatic carbocycles. The number of likely N-dealkylation sites (tertiary alicyclic amines) is 1. The fourth-order valence-corrected chi connectivity index (χ4v) is 3.82. The van der Waals surface area contributed by atoms with Crippen LogP contribution in [0.1, 0.15) is 20.8 Å². The lowest BCUT2D eigenvalue weighted by Gasteiger charge is -2.47. The zero-order chi connectivity index (χ0) is 14.3. The number of amides is 1. The van der Waals surface area contributed by atoms with Crippen LogP contribution in [0, 0.1) is 11.8 Å². The van der Waals surface area contributed by atoms with Gasteiger partial charge in [-0.1, -0.05) is 6.92 Å². The number of hydrogen-bond donors (Lipinski definition) is 1. The van der Waals surface area contributed by atoms with Crippen LogP contribution < -0.4 is 5.32 Å². The molecular formula is C15H27N3O2. The lowest BCUT2D eigenvalue weighted by Crippen LogP contribution is -2.65. The summed E-state index contributed by atoms with van der Waals surface area (Å²) in [6, 6.07) is 0.575. The van der Waals surface area contributed by atoms with Crippen LogP contribution in [0.5, 0.6) is 0 Å². The lowest BCUT2D eigenvalue weighted by atomic mass is 9.87. The smallest absolute Gasteiger partial charge is 0.228 e. The van der Waals surface area contributed by atoms with Crippen molar-refractivity contribution in [2.45, 2.75) is 39.0 Å². The fraction of sp³-hybridized carbons (Fsp3) is 0.933. The number of rotatable bonds is 2. The van der Waals surface area contributed by atoms with Gasteiger partial charge in [0.1, 0.15) is 0 Å². The van der Waals surface area contributed by atoms with E-state index in [1.165, 1.54) is 0 Å². The first-order valence-corrected chi connectivity index (χ1v) is 7.97. The van der Waals surface area contributed by atoms with E-state index in [1.54, 1.807) is 0 Å². The van der Waals surface area contributed by atoms with E-state index in [9.17, 15) is 4.79 Å². The number of piperazine rings is 1. The van der Waals surface area contributed by atoms with Gasteiger partial charge >= 0.3 is 0 Å². The molecule has 3 saturated heterocycles. The number of nitrogens with zero attached hydrogens (tertiary/aromatic N) is 2. The summed E-state index contributed by atoms with van der Waals surface area (Å²) >= 11 is 0. The number of carbonyl (C=O) groups excluding carboxylic acids is 1. The van der Waals surface area contributed by atoms with Crippen molar-refractivity contribution in [1.29, 1.82) is 0 Å². The predicted octanol–water partition coefficient (Wildman–Crippen LogP) is 0.162. The molecule has 1 N–H and O–H groups in total. The van der Waals surface area contributed by atoms with Crippen molar-refractivity contribution in [3.05, 3.63) is 0 Å². The minimum atomic E-state index is 0.0500. The van der Waals surface area contributed by atoms with Crippen LogP contribution in [0.25, 0.3) is 0 Å². The van der Waals surface area contributed by atoms with Crippen LogP contribution in [-0.2, 0) is 9.53 Å². The molecule has 114 valence electrons. The SMILES string of the molecule is CC1OC(C)C(C(=O)N2CC(N3CCNCC3)C2)C1C. The second-order valence-electron chi connectivity index (χ2n) is 6.61. The Bertz CT molecular complexity index is 364.